The van der Waals surface area contributed by atoms with Crippen molar-refractivity contribution in [3.05, 3.63) is 29.8 Å². The first-order chi connectivity index (χ1) is 10.7. The Morgan fingerprint density at radius 3 is 2.13 bits per heavy atom. The molecule has 0 amide bonds. The van der Waals surface area contributed by atoms with E-state index in [2.05, 4.69) is 0 Å². The van der Waals surface area contributed by atoms with Crippen LogP contribution < -0.4 is 0 Å². The number of rotatable bonds is 4. The molecular formula is C16H22O5S2. The summed E-state index contributed by atoms with van der Waals surface area (Å²) in [5.74, 6) is 3.38. The van der Waals surface area contributed by atoms with Crippen LogP contribution in [0.1, 0.15) is 31.7 Å². The van der Waals surface area contributed by atoms with Gasteiger partial charge in [0, 0.05) is 6.42 Å². The van der Waals surface area contributed by atoms with Gasteiger partial charge >= 0.3 is 0 Å². The minimum atomic E-state index is -4.27. The molecule has 0 unspecified atom stereocenters. The molecule has 0 saturated carbocycles. The van der Waals surface area contributed by atoms with Gasteiger partial charge in [-0.05, 0) is 30.0 Å². The second kappa shape index (κ2) is 9.20. The van der Waals surface area contributed by atoms with Gasteiger partial charge in [0.1, 0.15) is 27.4 Å². The largest absolute Gasteiger partial charge is 0.744 e. The number of hydrogen-bond donors (Lipinski definition) is 0. The topological polar surface area (TPSA) is 91.3 Å². The zero-order chi connectivity index (χ0) is 17.5. The van der Waals surface area contributed by atoms with Gasteiger partial charge in [0.05, 0.1) is 17.7 Å². The zero-order valence-electron chi connectivity index (χ0n) is 13.4. The van der Waals surface area contributed by atoms with E-state index in [0.717, 1.165) is 22.8 Å². The van der Waals surface area contributed by atoms with E-state index < -0.39 is 10.1 Å². The van der Waals surface area contributed by atoms with Gasteiger partial charge < -0.3 is 4.55 Å². The predicted molar refractivity (Wildman–Crippen MR) is 90.6 cm³/mol. The molecule has 1 saturated heterocycles. The van der Waals surface area contributed by atoms with Crippen molar-refractivity contribution in [2.45, 2.75) is 38.0 Å². The Morgan fingerprint density at radius 2 is 1.70 bits per heavy atom. The summed E-state index contributed by atoms with van der Waals surface area (Å²) in [5, 5.41) is 0. The number of ketones is 2. The van der Waals surface area contributed by atoms with E-state index in [1.165, 1.54) is 12.1 Å². The van der Waals surface area contributed by atoms with E-state index in [9.17, 15) is 22.6 Å². The predicted octanol–water partition coefficient (Wildman–Crippen LogP) is 1.85. The third-order valence-corrected chi connectivity index (χ3v) is 6.55. The summed E-state index contributed by atoms with van der Waals surface area (Å²) in [4.78, 5) is 21.8. The molecule has 7 heteroatoms. The maximum atomic E-state index is 11.1. The van der Waals surface area contributed by atoms with Crippen molar-refractivity contribution in [1.29, 1.82) is 0 Å². The Kier molecular flexibility index (Phi) is 7.94. The molecule has 0 N–H and O–H groups in total. The zero-order valence-corrected chi connectivity index (χ0v) is 15.0. The molecule has 23 heavy (non-hydrogen) atoms. The molecule has 0 atom stereocenters. The number of carbonyl (C=O) groups excluding carboxylic acids is 2. The first-order valence-electron chi connectivity index (χ1n) is 7.42. The minimum Gasteiger partial charge on any atom is -0.744 e. The smallest absolute Gasteiger partial charge is 0.181 e. The third-order valence-electron chi connectivity index (χ3n) is 3.41. The van der Waals surface area contributed by atoms with Gasteiger partial charge in [-0.3, -0.25) is 9.59 Å². The van der Waals surface area contributed by atoms with Gasteiger partial charge in [-0.15, -0.1) is 0 Å². The van der Waals surface area contributed by atoms with Crippen molar-refractivity contribution in [2.24, 2.45) is 0 Å². The van der Waals surface area contributed by atoms with Gasteiger partial charge in [-0.1, -0.05) is 24.6 Å². The summed E-state index contributed by atoms with van der Waals surface area (Å²) in [6, 6.07) is 5.78. The first-order valence-corrected chi connectivity index (χ1v) is 10.6. The standard InChI is InChI=1S/C9H15O2S.C7H8O3S/c1-2-8(10)7-12-5-3-9(11)4-6-12;1-6-2-4-7(5-3-6)11(8,9)10/h2-7H2,1H3;2-5H,1H3,(H,8,9,10)/q+1;/p-1. The molecule has 2 rings (SSSR count). The van der Waals surface area contributed by atoms with Crippen molar-refractivity contribution in [3.8, 4) is 0 Å². The number of benzene rings is 1. The van der Waals surface area contributed by atoms with Crippen LogP contribution in [0.5, 0.6) is 0 Å². The van der Waals surface area contributed by atoms with Crippen LogP contribution in [0.25, 0.3) is 0 Å². The fourth-order valence-electron chi connectivity index (χ4n) is 1.92. The molecule has 128 valence electrons. The monoisotopic (exact) mass is 358 g/mol. The Hall–Kier alpha value is -1.18. The average Bonchev–Trinajstić information content (AvgIpc) is 2.49. The van der Waals surface area contributed by atoms with Gasteiger partial charge in [0.25, 0.3) is 0 Å². The Labute approximate surface area is 140 Å². The second-order valence-corrected chi connectivity index (χ2v) is 9.07. The van der Waals surface area contributed by atoms with Gasteiger partial charge in [0.2, 0.25) is 0 Å². The van der Waals surface area contributed by atoms with E-state index in [0.29, 0.717) is 30.8 Å². The molecule has 1 heterocycles. The Bertz CT molecular complexity index is 625. The minimum absolute atomic E-state index is 0.178. The van der Waals surface area contributed by atoms with Crippen LogP contribution in [0, 0.1) is 6.92 Å². The summed E-state index contributed by atoms with van der Waals surface area (Å²) in [5.41, 5.74) is 0.928. The molecule has 0 spiro atoms. The van der Waals surface area contributed by atoms with E-state index >= 15 is 0 Å². The van der Waals surface area contributed by atoms with Crippen molar-refractivity contribution < 1.29 is 22.6 Å². The van der Waals surface area contributed by atoms with Crippen molar-refractivity contribution >= 4 is 32.6 Å². The fraction of sp³-hybridized carbons (Fsp3) is 0.500. The van der Waals surface area contributed by atoms with E-state index in [1.807, 2.05) is 13.8 Å². The van der Waals surface area contributed by atoms with Crippen molar-refractivity contribution in [1.82, 2.24) is 0 Å². The summed E-state index contributed by atoms with van der Waals surface area (Å²) in [6.45, 7) is 3.72. The maximum absolute atomic E-state index is 11.1. The van der Waals surface area contributed by atoms with Crippen LogP contribution in [0.15, 0.2) is 29.2 Å². The van der Waals surface area contributed by atoms with Crippen LogP contribution in [-0.4, -0.2) is 41.8 Å². The lowest BCUT2D eigenvalue weighted by molar-refractivity contribution is -0.119. The van der Waals surface area contributed by atoms with Crippen molar-refractivity contribution in [2.75, 3.05) is 17.3 Å². The van der Waals surface area contributed by atoms with Crippen molar-refractivity contribution in [3.63, 3.8) is 0 Å². The van der Waals surface area contributed by atoms with Gasteiger partial charge in [-0.2, -0.15) is 0 Å². The highest BCUT2D eigenvalue weighted by molar-refractivity contribution is 7.97. The lowest BCUT2D eigenvalue weighted by Gasteiger charge is -2.11. The molecule has 0 radical (unpaired) electrons. The molecule has 1 aliphatic heterocycles. The van der Waals surface area contributed by atoms with Gasteiger partial charge in [0.15, 0.2) is 11.5 Å². The van der Waals surface area contributed by atoms with Crippen LogP contribution in [0.3, 0.4) is 0 Å². The van der Waals surface area contributed by atoms with Crippen LogP contribution in [0.2, 0.25) is 0 Å². The normalized spacial score (nSPS) is 15.7. The lowest BCUT2D eigenvalue weighted by atomic mass is 10.2. The highest BCUT2D eigenvalue weighted by Gasteiger charge is 2.27. The second-order valence-electron chi connectivity index (χ2n) is 5.36. The molecule has 1 aromatic carbocycles. The summed E-state index contributed by atoms with van der Waals surface area (Å²) in [7, 11) is -4.04. The summed E-state index contributed by atoms with van der Waals surface area (Å²) < 4.78 is 31.2. The molecular weight excluding hydrogens is 336 g/mol. The highest BCUT2D eigenvalue weighted by Crippen LogP contribution is 2.11. The quantitative estimate of drug-likeness (QED) is 0.605. The van der Waals surface area contributed by atoms with E-state index in [-0.39, 0.29) is 15.8 Å². The number of hydrogen-bond acceptors (Lipinski definition) is 5. The average molecular weight is 358 g/mol. The number of carbonyl (C=O) groups is 2. The van der Waals surface area contributed by atoms with E-state index in [1.54, 1.807) is 12.1 Å². The molecule has 0 bridgehead atoms. The lowest BCUT2D eigenvalue weighted by Crippen LogP contribution is -2.29. The van der Waals surface area contributed by atoms with Crippen LogP contribution in [0.4, 0.5) is 0 Å². The molecule has 1 aliphatic rings. The molecule has 0 aliphatic carbocycles. The SMILES string of the molecule is CCC(=O)C[S+]1CCC(=O)CC1.Cc1ccc(S(=O)(=O)[O-])cc1. The van der Waals surface area contributed by atoms with Crippen LogP contribution in [-0.2, 0) is 30.6 Å². The third kappa shape index (κ3) is 7.76. The maximum Gasteiger partial charge on any atom is 0.181 e. The first kappa shape index (κ1) is 19.9. The van der Waals surface area contributed by atoms with Gasteiger partial charge in [-0.25, -0.2) is 8.42 Å². The number of aryl methyl sites for hydroxylation is 1. The highest BCUT2D eigenvalue weighted by atomic mass is 32.2. The Morgan fingerprint density at radius 1 is 1.17 bits per heavy atom. The molecule has 0 aromatic heterocycles. The fourth-order valence-corrected chi connectivity index (χ4v) is 4.58. The molecule has 1 aromatic rings. The molecule has 1 fully saturated rings. The Balaban J connectivity index is 0.000000231. The summed E-state index contributed by atoms with van der Waals surface area (Å²) in [6.07, 6.45) is 2.07. The number of Topliss-reactive ketones (excluding diaryl/α,β-unsaturated/α-hetero) is 2. The van der Waals surface area contributed by atoms with E-state index in [4.69, 9.17) is 0 Å². The van der Waals surface area contributed by atoms with Crippen LogP contribution >= 0.6 is 0 Å². The summed E-state index contributed by atoms with van der Waals surface area (Å²) >= 11 is 0. The molecule has 5 nitrogen and oxygen atoms in total.